The third-order valence-corrected chi connectivity index (χ3v) is 9.03. The van der Waals surface area contributed by atoms with Gasteiger partial charge in [0.25, 0.3) is 0 Å². The van der Waals surface area contributed by atoms with Crippen LogP contribution in [-0.2, 0) is 0 Å². The highest BCUT2D eigenvalue weighted by atomic mass is 16.3. The maximum Gasteiger partial charge on any atom is 0.138 e. The molecule has 0 saturated heterocycles. The van der Waals surface area contributed by atoms with Crippen LogP contribution >= 0.6 is 0 Å². The molecule has 0 unspecified atom stereocenters. The van der Waals surface area contributed by atoms with Gasteiger partial charge in [-0.15, -0.1) is 0 Å². The Kier molecular flexibility index (Phi) is 6.17. The molecule has 1 aromatic heterocycles. The molecule has 46 heavy (non-hydrogen) atoms. The second-order valence-corrected chi connectivity index (χ2v) is 11.7. The van der Waals surface area contributed by atoms with Crippen molar-refractivity contribution in [2.24, 2.45) is 0 Å². The lowest BCUT2D eigenvalue weighted by molar-refractivity contribution is 0.669. The summed E-state index contributed by atoms with van der Waals surface area (Å²) in [5.41, 5.74) is 9.95. The molecule has 2 heteroatoms. The minimum absolute atomic E-state index is 0.886. The Morgan fingerprint density at radius 2 is 0.935 bits per heavy atom. The normalized spacial score (nSPS) is 11.5. The van der Waals surface area contributed by atoms with Crippen LogP contribution in [0.25, 0.3) is 65.7 Å². The Balaban J connectivity index is 1.27. The smallest absolute Gasteiger partial charge is 0.138 e. The Bertz CT molecular complexity index is 2510. The first-order valence-corrected chi connectivity index (χ1v) is 15.7. The van der Waals surface area contributed by atoms with Gasteiger partial charge >= 0.3 is 0 Å². The summed E-state index contributed by atoms with van der Waals surface area (Å²) in [6, 6.07) is 62.7. The maximum absolute atomic E-state index is 6.46. The topological polar surface area (TPSA) is 16.4 Å². The van der Waals surface area contributed by atoms with E-state index in [1.807, 2.05) is 6.07 Å². The number of benzene rings is 8. The van der Waals surface area contributed by atoms with Crippen molar-refractivity contribution in [3.05, 3.63) is 176 Å². The summed E-state index contributed by atoms with van der Waals surface area (Å²) in [6.45, 7) is 0. The van der Waals surface area contributed by atoms with E-state index < -0.39 is 0 Å². The highest BCUT2D eigenvalue weighted by molar-refractivity contribution is 6.21. The van der Waals surface area contributed by atoms with E-state index in [2.05, 4.69) is 175 Å². The lowest BCUT2D eigenvalue weighted by atomic mass is 9.91. The third kappa shape index (κ3) is 4.27. The average molecular weight is 588 g/mol. The summed E-state index contributed by atoms with van der Waals surface area (Å²) in [7, 11) is 0. The minimum atomic E-state index is 0.886. The molecule has 0 radical (unpaired) electrons. The largest absolute Gasteiger partial charge is 0.456 e. The molecule has 0 N–H and O–H groups in total. The van der Waals surface area contributed by atoms with Gasteiger partial charge in [-0.2, -0.15) is 0 Å². The molecule has 216 valence electrons. The first-order valence-electron chi connectivity index (χ1n) is 15.7. The van der Waals surface area contributed by atoms with E-state index in [1.165, 1.54) is 38.4 Å². The highest BCUT2D eigenvalue weighted by Gasteiger charge is 2.22. The molecule has 0 amide bonds. The Morgan fingerprint density at radius 3 is 1.67 bits per heavy atom. The molecular weight excluding hydrogens is 558 g/mol. The average Bonchev–Trinajstić information content (AvgIpc) is 3.50. The quantitative estimate of drug-likeness (QED) is 0.199. The first kappa shape index (κ1) is 26.3. The monoisotopic (exact) mass is 587 g/mol. The maximum atomic E-state index is 6.46. The van der Waals surface area contributed by atoms with Crippen molar-refractivity contribution < 1.29 is 4.42 Å². The van der Waals surface area contributed by atoms with Crippen molar-refractivity contribution in [3.8, 4) is 22.3 Å². The fourth-order valence-electron chi connectivity index (χ4n) is 6.97. The fourth-order valence-corrected chi connectivity index (χ4v) is 6.97. The van der Waals surface area contributed by atoms with E-state index >= 15 is 0 Å². The number of rotatable bonds is 5. The molecule has 9 rings (SSSR count). The number of furan rings is 1. The van der Waals surface area contributed by atoms with Gasteiger partial charge in [0.1, 0.15) is 11.2 Å². The Hall–Kier alpha value is -6.12. The molecule has 0 saturated carbocycles. The van der Waals surface area contributed by atoms with E-state index in [0.29, 0.717) is 0 Å². The van der Waals surface area contributed by atoms with Gasteiger partial charge in [0.15, 0.2) is 0 Å². The predicted molar refractivity (Wildman–Crippen MR) is 194 cm³/mol. The zero-order valence-electron chi connectivity index (χ0n) is 25.1. The van der Waals surface area contributed by atoms with Crippen molar-refractivity contribution in [1.82, 2.24) is 0 Å². The van der Waals surface area contributed by atoms with Gasteiger partial charge in [0.05, 0.1) is 11.1 Å². The van der Waals surface area contributed by atoms with Crippen LogP contribution < -0.4 is 4.90 Å². The summed E-state index contributed by atoms with van der Waals surface area (Å²) >= 11 is 0. The molecule has 0 fully saturated rings. The van der Waals surface area contributed by atoms with Crippen molar-refractivity contribution in [2.75, 3.05) is 4.90 Å². The molecular formula is C44H29NO. The summed E-state index contributed by atoms with van der Waals surface area (Å²) < 4.78 is 6.46. The van der Waals surface area contributed by atoms with Gasteiger partial charge in [-0.1, -0.05) is 140 Å². The van der Waals surface area contributed by atoms with E-state index in [0.717, 1.165) is 44.4 Å². The molecule has 0 spiro atoms. The summed E-state index contributed by atoms with van der Waals surface area (Å²) in [4.78, 5) is 2.38. The van der Waals surface area contributed by atoms with E-state index in [4.69, 9.17) is 4.42 Å². The van der Waals surface area contributed by atoms with Crippen LogP contribution in [0, 0.1) is 0 Å². The molecule has 0 aliphatic rings. The van der Waals surface area contributed by atoms with E-state index in [1.54, 1.807) is 0 Å². The molecule has 1 heterocycles. The lowest BCUT2D eigenvalue weighted by Crippen LogP contribution is -2.11. The van der Waals surface area contributed by atoms with Gasteiger partial charge in [0.2, 0.25) is 0 Å². The molecule has 0 aliphatic carbocycles. The molecule has 9 aromatic rings. The number of hydrogen-bond donors (Lipinski definition) is 0. The van der Waals surface area contributed by atoms with Crippen LogP contribution in [0.4, 0.5) is 17.1 Å². The van der Waals surface area contributed by atoms with Crippen LogP contribution in [0.5, 0.6) is 0 Å². The molecule has 2 nitrogen and oxygen atoms in total. The zero-order chi connectivity index (χ0) is 30.5. The van der Waals surface area contributed by atoms with Crippen LogP contribution in [-0.4, -0.2) is 0 Å². The lowest BCUT2D eigenvalue weighted by Gasteiger charge is -2.28. The van der Waals surface area contributed by atoms with Crippen LogP contribution in [0.3, 0.4) is 0 Å². The fraction of sp³-hybridized carbons (Fsp3) is 0. The number of anilines is 3. The van der Waals surface area contributed by atoms with Crippen molar-refractivity contribution in [1.29, 1.82) is 0 Å². The van der Waals surface area contributed by atoms with Gasteiger partial charge in [0, 0.05) is 22.1 Å². The van der Waals surface area contributed by atoms with Crippen LogP contribution in [0.15, 0.2) is 180 Å². The molecule has 8 aromatic carbocycles. The van der Waals surface area contributed by atoms with Crippen molar-refractivity contribution in [2.45, 2.75) is 0 Å². The second-order valence-electron chi connectivity index (χ2n) is 11.7. The third-order valence-electron chi connectivity index (χ3n) is 9.03. The number of nitrogens with zero attached hydrogens (tertiary/aromatic N) is 1. The number of hydrogen-bond acceptors (Lipinski definition) is 2. The Labute approximate surface area is 267 Å². The summed E-state index contributed by atoms with van der Waals surface area (Å²) in [5.74, 6) is 0. The summed E-state index contributed by atoms with van der Waals surface area (Å²) in [5, 5.41) is 7.05. The summed E-state index contributed by atoms with van der Waals surface area (Å²) in [6.07, 6.45) is 0. The highest BCUT2D eigenvalue weighted by Crippen LogP contribution is 2.47. The van der Waals surface area contributed by atoms with Crippen LogP contribution in [0.1, 0.15) is 0 Å². The van der Waals surface area contributed by atoms with E-state index in [-0.39, 0.29) is 0 Å². The van der Waals surface area contributed by atoms with Crippen LogP contribution in [0.2, 0.25) is 0 Å². The molecule has 0 bridgehead atoms. The van der Waals surface area contributed by atoms with Gasteiger partial charge in [-0.05, 0) is 74.8 Å². The molecule has 0 aliphatic heterocycles. The van der Waals surface area contributed by atoms with Gasteiger partial charge in [-0.3, -0.25) is 0 Å². The van der Waals surface area contributed by atoms with Crippen molar-refractivity contribution >= 4 is 60.5 Å². The predicted octanol–water partition coefficient (Wildman–Crippen LogP) is 12.7. The second kappa shape index (κ2) is 10.8. The minimum Gasteiger partial charge on any atom is -0.456 e. The van der Waals surface area contributed by atoms with Crippen molar-refractivity contribution in [3.63, 3.8) is 0 Å². The number of para-hydroxylation sites is 2. The van der Waals surface area contributed by atoms with E-state index in [9.17, 15) is 0 Å². The van der Waals surface area contributed by atoms with Gasteiger partial charge < -0.3 is 9.32 Å². The Morgan fingerprint density at radius 1 is 0.370 bits per heavy atom. The SMILES string of the molecule is c1ccc(-c2cccc3cccc(-c4ccc(N(c5ccccc5)c5c6ccccc6cc6oc7ccccc7c56)cc4)c23)cc1. The molecule has 0 atom stereocenters. The number of fused-ring (bicyclic) bond motifs is 5. The zero-order valence-corrected chi connectivity index (χ0v) is 25.1. The first-order chi connectivity index (χ1) is 22.8. The standard InChI is InChI=1S/C44H29NO/c1-3-13-30(14-4-1)36-22-11-16-32-17-12-23-37(42(32)36)31-25-27-35(28-26-31)45(34-18-5-2-6-19-34)44-38-20-8-7-15-33(38)29-41-43(44)39-21-9-10-24-40(39)46-41/h1-29H. The van der Waals surface area contributed by atoms with Gasteiger partial charge in [-0.25, -0.2) is 0 Å².